The van der Waals surface area contributed by atoms with Crippen LogP contribution < -0.4 is 0 Å². The van der Waals surface area contributed by atoms with Crippen molar-refractivity contribution in [2.45, 2.75) is 44.8 Å². The van der Waals surface area contributed by atoms with Crippen LogP contribution in [0.25, 0.3) is 0 Å². The van der Waals surface area contributed by atoms with Crippen molar-refractivity contribution >= 4 is 35.0 Å². The summed E-state index contributed by atoms with van der Waals surface area (Å²) < 4.78 is 81.4. The molecule has 0 heterocycles. The van der Waals surface area contributed by atoms with Crippen molar-refractivity contribution in [2.24, 2.45) is 0 Å². The lowest BCUT2D eigenvalue weighted by molar-refractivity contribution is -0.928. The SMILES string of the molecule is C[SiH](C)CCC[N+](CCCS(=O)(=O)[O-])(CCCS(=O)(=O)O)CCOCCOCCOCCC(=O)O. The molecule has 35 heavy (non-hydrogen) atoms. The second-order valence-electron chi connectivity index (χ2n) is 9.01. The predicted molar refractivity (Wildman–Crippen MR) is 133 cm³/mol. The van der Waals surface area contributed by atoms with Crippen molar-refractivity contribution in [3.63, 3.8) is 0 Å². The van der Waals surface area contributed by atoms with Gasteiger partial charge in [-0.15, -0.1) is 0 Å². The Balaban J connectivity index is 4.73. The van der Waals surface area contributed by atoms with E-state index in [0.717, 1.165) is 12.5 Å². The minimum atomic E-state index is -4.35. The highest BCUT2D eigenvalue weighted by Crippen LogP contribution is 2.15. The molecular weight excluding hydrogens is 522 g/mol. The number of hydrogen-bond acceptors (Lipinski definition) is 9. The van der Waals surface area contributed by atoms with Crippen LogP contribution >= 0.6 is 0 Å². The molecule has 0 aliphatic carbocycles. The van der Waals surface area contributed by atoms with Crippen molar-refractivity contribution in [2.75, 3.05) is 77.3 Å². The normalized spacial score (nSPS) is 14.3. The maximum atomic E-state index is 11.2. The smallest absolute Gasteiger partial charge is 0.305 e. The van der Waals surface area contributed by atoms with Crippen LogP contribution in [0, 0.1) is 0 Å². The Morgan fingerprint density at radius 1 is 0.800 bits per heavy atom. The lowest BCUT2D eigenvalue weighted by Crippen LogP contribution is -2.53. The van der Waals surface area contributed by atoms with E-state index in [0.29, 0.717) is 57.1 Å². The van der Waals surface area contributed by atoms with Gasteiger partial charge in [0.15, 0.2) is 0 Å². The molecule has 0 aromatic heterocycles. The largest absolute Gasteiger partial charge is 0.748 e. The van der Waals surface area contributed by atoms with E-state index in [9.17, 15) is 26.2 Å². The number of aliphatic carboxylic acids is 1. The first-order valence-electron chi connectivity index (χ1n) is 11.9. The van der Waals surface area contributed by atoms with E-state index >= 15 is 0 Å². The van der Waals surface area contributed by atoms with Crippen LogP contribution in [0.3, 0.4) is 0 Å². The third-order valence-corrected chi connectivity index (χ3v) is 8.55. The van der Waals surface area contributed by atoms with Crippen molar-refractivity contribution in [1.29, 1.82) is 0 Å². The van der Waals surface area contributed by atoms with Crippen molar-refractivity contribution in [3.05, 3.63) is 0 Å². The van der Waals surface area contributed by atoms with Crippen LogP contribution in [0.5, 0.6) is 0 Å². The first-order valence-corrected chi connectivity index (χ1v) is 18.2. The Hall–Kier alpha value is -0.653. The molecule has 0 aromatic rings. The molecular formula is C20H43NO11S2Si. The highest BCUT2D eigenvalue weighted by atomic mass is 32.2. The average Bonchev–Trinajstić information content (AvgIpc) is 2.69. The molecule has 0 aliphatic rings. The Labute approximate surface area is 211 Å². The van der Waals surface area contributed by atoms with Crippen LogP contribution in [0.15, 0.2) is 0 Å². The van der Waals surface area contributed by atoms with E-state index in [2.05, 4.69) is 13.1 Å². The topological polar surface area (TPSA) is 177 Å². The van der Waals surface area contributed by atoms with E-state index in [1.807, 2.05) is 0 Å². The zero-order valence-electron chi connectivity index (χ0n) is 20.9. The van der Waals surface area contributed by atoms with Gasteiger partial charge >= 0.3 is 5.97 Å². The monoisotopic (exact) mass is 565 g/mol. The molecule has 0 aliphatic heterocycles. The van der Waals surface area contributed by atoms with Gasteiger partial charge in [-0.05, 0) is 6.42 Å². The third kappa shape index (κ3) is 23.5. The maximum Gasteiger partial charge on any atom is 0.305 e. The summed E-state index contributed by atoms with van der Waals surface area (Å²) in [6, 6.07) is 1.08. The van der Waals surface area contributed by atoms with Crippen LogP contribution in [0.1, 0.15) is 25.7 Å². The summed E-state index contributed by atoms with van der Waals surface area (Å²) in [4.78, 5) is 10.4. The number of hydrogen-bond donors (Lipinski definition) is 2. The van der Waals surface area contributed by atoms with Gasteiger partial charge in [0.25, 0.3) is 10.1 Å². The Kier molecular flexibility index (Phi) is 18.2. The van der Waals surface area contributed by atoms with Gasteiger partial charge in [-0.25, -0.2) is 8.42 Å². The molecule has 0 saturated heterocycles. The van der Waals surface area contributed by atoms with Crippen molar-refractivity contribution in [3.8, 4) is 0 Å². The molecule has 0 bridgehead atoms. The highest BCUT2D eigenvalue weighted by molar-refractivity contribution is 7.85. The Morgan fingerprint density at radius 2 is 1.29 bits per heavy atom. The summed E-state index contributed by atoms with van der Waals surface area (Å²) >= 11 is 0. The first-order chi connectivity index (χ1) is 16.2. The van der Waals surface area contributed by atoms with Gasteiger partial charge in [0.05, 0.1) is 81.6 Å². The Bertz CT molecular complexity index is 738. The lowest BCUT2D eigenvalue weighted by Gasteiger charge is -2.39. The molecule has 0 fully saturated rings. The molecule has 2 N–H and O–H groups in total. The second kappa shape index (κ2) is 18.6. The fourth-order valence-electron chi connectivity index (χ4n) is 3.62. The van der Waals surface area contributed by atoms with E-state index in [1.165, 1.54) is 0 Å². The molecule has 0 spiro atoms. The molecule has 1 atom stereocenters. The summed E-state index contributed by atoms with van der Waals surface area (Å²) in [6.07, 6.45) is 1.23. The summed E-state index contributed by atoms with van der Waals surface area (Å²) in [5.41, 5.74) is 0. The molecule has 0 radical (unpaired) electrons. The number of rotatable bonds is 24. The second-order valence-corrected chi connectivity index (χ2v) is 15.5. The van der Waals surface area contributed by atoms with Crippen LogP contribution in [0.2, 0.25) is 19.1 Å². The first kappa shape index (κ1) is 34.3. The lowest BCUT2D eigenvalue weighted by atomic mass is 10.2. The van der Waals surface area contributed by atoms with Gasteiger partial charge in [-0.1, -0.05) is 19.1 Å². The van der Waals surface area contributed by atoms with Crippen LogP contribution in [0.4, 0.5) is 0 Å². The molecule has 1 unspecified atom stereocenters. The maximum absolute atomic E-state index is 11.2. The fourth-order valence-corrected chi connectivity index (χ4v) is 5.60. The number of nitrogens with zero attached hydrogens (tertiary/aromatic N) is 1. The minimum absolute atomic E-state index is 0.0621. The van der Waals surface area contributed by atoms with Gasteiger partial charge in [-0.3, -0.25) is 9.35 Å². The van der Waals surface area contributed by atoms with E-state index < -0.39 is 40.8 Å². The molecule has 0 rings (SSSR count). The molecule has 210 valence electrons. The molecule has 0 saturated carbocycles. The number of ether oxygens (including phenoxy) is 3. The zero-order valence-corrected chi connectivity index (χ0v) is 23.7. The highest BCUT2D eigenvalue weighted by Gasteiger charge is 2.27. The van der Waals surface area contributed by atoms with Gasteiger partial charge in [0, 0.05) is 27.4 Å². The average molecular weight is 566 g/mol. The summed E-state index contributed by atoms with van der Waals surface area (Å²) in [5, 5.41) is 8.53. The number of quaternary nitrogens is 1. The zero-order chi connectivity index (χ0) is 26.8. The standard InChI is InChI=1S/C20H43NO11S2Si/c1-35(2)19-5-9-21(7-3-17-33(24,25)26,8-4-18-34(27,28)29)10-12-31-14-16-32-15-13-30-11-6-20(22)23/h35H,3-19H2,1-2H3,(H2-,22,23,24,25,26,27,28,29). The summed E-state index contributed by atoms with van der Waals surface area (Å²) in [7, 11) is -9.27. The molecule has 0 aromatic carbocycles. The Morgan fingerprint density at radius 3 is 1.77 bits per heavy atom. The number of carboxylic acids is 1. The third-order valence-electron chi connectivity index (χ3n) is 5.39. The van der Waals surface area contributed by atoms with Crippen molar-refractivity contribution in [1.82, 2.24) is 0 Å². The summed E-state index contributed by atoms with van der Waals surface area (Å²) in [5.74, 6) is -1.78. The van der Waals surface area contributed by atoms with Gasteiger partial charge < -0.3 is 28.4 Å². The van der Waals surface area contributed by atoms with Gasteiger partial charge in [-0.2, -0.15) is 8.42 Å². The predicted octanol–water partition coefficient (Wildman–Crippen LogP) is 0.418. The fraction of sp³-hybridized carbons (Fsp3) is 0.950. The van der Waals surface area contributed by atoms with Crippen LogP contribution in [-0.4, -0.2) is 128 Å². The van der Waals surface area contributed by atoms with E-state index in [1.54, 1.807) is 0 Å². The molecule has 0 amide bonds. The van der Waals surface area contributed by atoms with Crippen LogP contribution in [-0.2, 0) is 39.2 Å². The van der Waals surface area contributed by atoms with E-state index in [-0.39, 0.29) is 38.2 Å². The quantitative estimate of drug-likeness (QED) is 0.0717. The molecule has 15 heteroatoms. The summed E-state index contributed by atoms with van der Waals surface area (Å²) in [6.45, 7) is 8.20. The number of carbonyl (C=O) groups is 1. The minimum Gasteiger partial charge on any atom is -0.748 e. The van der Waals surface area contributed by atoms with E-state index in [4.69, 9.17) is 23.9 Å². The number of carboxylic acid groups (broad SMARTS) is 1. The van der Waals surface area contributed by atoms with Gasteiger partial charge in [0.1, 0.15) is 6.54 Å². The van der Waals surface area contributed by atoms with Gasteiger partial charge in [0.2, 0.25) is 0 Å². The molecule has 12 nitrogen and oxygen atoms in total. The van der Waals surface area contributed by atoms with Crippen molar-refractivity contribution < 1.29 is 54.5 Å².